The van der Waals surface area contributed by atoms with Crippen LogP contribution in [0.1, 0.15) is 19.4 Å². The van der Waals surface area contributed by atoms with Crippen molar-refractivity contribution in [3.05, 3.63) is 83.9 Å². The molecule has 0 aliphatic carbocycles. The molecule has 0 spiro atoms. The van der Waals surface area contributed by atoms with Crippen LogP contribution in [0.5, 0.6) is 23.0 Å². The minimum absolute atomic E-state index is 0.00823. The number of nitrogens with zero attached hydrogens (tertiary/aromatic N) is 1. The lowest BCUT2D eigenvalue weighted by Crippen LogP contribution is -2.54. The van der Waals surface area contributed by atoms with Crippen molar-refractivity contribution in [2.45, 2.75) is 13.8 Å². The van der Waals surface area contributed by atoms with Gasteiger partial charge in [0, 0.05) is 0 Å². The van der Waals surface area contributed by atoms with Gasteiger partial charge in [0.1, 0.15) is 17.1 Å². The monoisotopic (exact) mass is 502 g/mol. The molecule has 36 heavy (non-hydrogen) atoms. The van der Waals surface area contributed by atoms with E-state index in [2.05, 4.69) is 19.2 Å². The maximum atomic E-state index is 13.3. The number of benzene rings is 3. The number of anilines is 1. The Balaban J connectivity index is 1.57. The van der Waals surface area contributed by atoms with E-state index in [4.69, 9.17) is 26.4 Å². The van der Waals surface area contributed by atoms with Crippen LogP contribution >= 0.6 is 12.2 Å². The molecule has 184 valence electrons. The first-order valence-corrected chi connectivity index (χ1v) is 11.8. The van der Waals surface area contributed by atoms with E-state index in [0.29, 0.717) is 46.8 Å². The van der Waals surface area contributed by atoms with Crippen molar-refractivity contribution < 1.29 is 23.8 Å². The second-order valence-corrected chi connectivity index (χ2v) is 8.87. The highest BCUT2D eigenvalue weighted by atomic mass is 32.1. The lowest BCUT2D eigenvalue weighted by atomic mass is 10.1. The number of hydrogen-bond donors (Lipinski definition) is 1. The smallest absolute Gasteiger partial charge is 0.270 e. The van der Waals surface area contributed by atoms with Gasteiger partial charge in [0.05, 0.1) is 19.4 Å². The van der Waals surface area contributed by atoms with Gasteiger partial charge < -0.3 is 14.2 Å². The summed E-state index contributed by atoms with van der Waals surface area (Å²) in [5, 5.41) is 2.61. The van der Waals surface area contributed by atoms with E-state index in [1.807, 2.05) is 30.3 Å². The van der Waals surface area contributed by atoms with E-state index in [9.17, 15) is 9.59 Å². The normalized spacial score (nSPS) is 14.7. The van der Waals surface area contributed by atoms with Gasteiger partial charge in [-0.15, -0.1) is 0 Å². The van der Waals surface area contributed by atoms with Gasteiger partial charge >= 0.3 is 0 Å². The summed E-state index contributed by atoms with van der Waals surface area (Å²) in [6.45, 7) is 4.65. The number of para-hydroxylation sites is 1. The summed E-state index contributed by atoms with van der Waals surface area (Å²) in [6, 6.07) is 21.5. The lowest BCUT2D eigenvalue weighted by molar-refractivity contribution is -0.122. The Morgan fingerprint density at radius 2 is 1.64 bits per heavy atom. The van der Waals surface area contributed by atoms with Crippen molar-refractivity contribution in [2.75, 3.05) is 18.6 Å². The van der Waals surface area contributed by atoms with Crippen LogP contribution in [-0.4, -0.2) is 30.6 Å². The van der Waals surface area contributed by atoms with Crippen LogP contribution in [0.2, 0.25) is 0 Å². The molecule has 0 aromatic heterocycles. The third-order valence-corrected chi connectivity index (χ3v) is 5.53. The maximum absolute atomic E-state index is 13.3. The predicted molar refractivity (Wildman–Crippen MR) is 142 cm³/mol. The zero-order valence-electron chi connectivity index (χ0n) is 20.2. The Morgan fingerprint density at radius 1 is 0.944 bits per heavy atom. The van der Waals surface area contributed by atoms with Crippen LogP contribution in [0.4, 0.5) is 5.69 Å². The average Bonchev–Trinajstić information content (AvgIpc) is 2.87. The van der Waals surface area contributed by atoms with Crippen LogP contribution in [-0.2, 0) is 9.59 Å². The van der Waals surface area contributed by atoms with E-state index in [1.165, 1.54) is 18.1 Å². The molecule has 4 rings (SSSR count). The summed E-state index contributed by atoms with van der Waals surface area (Å²) in [4.78, 5) is 27.3. The molecular weight excluding hydrogens is 476 g/mol. The number of carbonyl (C=O) groups is 2. The summed E-state index contributed by atoms with van der Waals surface area (Å²) in [6.07, 6.45) is 1.51. The molecular formula is C28H26N2O5S. The number of rotatable bonds is 8. The fourth-order valence-corrected chi connectivity index (χ4v) is 3.78. The Morgan fingerprint density at radius 3 is 2.31 bits per heavy atom. The zero-order valence-corrected chi connectivity index (χ0v) is 21.0. The van der Waals surface area contributed by atoms with Gasteiger partial charge in [0.25, 0.3) is 11.8 Å². The van der Waals surface area contributed by atoms with Gasteiger partial charge in [-0.1, -0.05) is 38.1 Å². The predicted octanol–water partition coefficient (Wildman–Crippen LogP) is 5.35. The second-order valence-electron chi connectivity index (χ2n) is 8.48. The summed E-state index contributed by atoms with van der Waals surface area (Å²) in [5.41, 5.74) is 1.07. The number of amides is 2. The van der Waals surface area contributed by atoms with E-state index >= 15 is 0 Å². The molecule has 1 heterocycles. The summed E-state index contributed by atoms with van der Waals surface area (Å²) in [7, 11) is 1.54. The largest absolute Gasteiger partial charge is 0.493 e. The fraction of sp³-hybridized carbons (Fsp3) is 0.179. The molecule has 2 amide bonds. The second kappa shape index (κ2) is 11.0. The minimum atomic E-state index is -0.565. The quantitative estimate of drug-likeness (QED) is 0.254. The Bertz CT molecular complexity index is 1300. The van der Waals surface area contributed by atoms with Gasteiger partial charge in [-0.05, 0) is 78.3 Å². The molecule has 3 aromatic carbocycles. The average molecular weight is 503 g/mol. The van der Waals surface area contributed by atoms with E-state index in [-0.39, 0.29) is 10.7 Å². The molecule has 0 unspecified atom stereocenters. The first kappa shape index (κ1) is 24.9. The number of methoxy groups -OCH3 is 1. The molecule has 0 bridgehead atoms. The topological polar surface area (TPSA) is 77.1 Å². The van der Waals surface area contributed by atoms with Gasteiger partial charge in [-0.2, -0.15) is 0 Å². The molecule has 0 saturated carbocycles. The highest BCUT2D eigenvalue weighted by molar-refractivity contribution is 7.80. The van der Waals surface area contributed by atoms with Crippen molar-refractivity contribution in [3.63, 3.8) is 0 Å². The molecule has 0 radical (unpaired) electrons. The Kier molecular flexibility index (Phi) is 7.65. The number of ether oxygens (including phenoxy) is 3. The van der Waals surface area contributed by atoms with Crippen molar-refractivity contribution in [3.8, 4) is 23.0 Å². The third kappa shape index (κ3) is 5.72. The van der Waals surface area contributed by atoms with Crippen LogP contribution in [0.15, 0.2) is 78.4 Å². The summed E-state index contributed by atoms with van der Waals surface area (Å²) >= 11 is 5.30. The molecule has 0 atom stereocenters. The van der Waals surface area contributed by atoms with E-state index < -0.39 is 11.8 Å². The maximum Gasteiger partial charge on any atom is 0.270 e. The first-order chi connectivity index (χ1) is 17.4. The third-order valence-electron chi connectivity index (χ3n) is 5.25. The van der Waals surface area contributed by atoms with Crippen molar-refractivity contribution in [1.82, 2.24) is 5.32 Å². The SMILES string of the molecule is COc1cc(/C=C2\C(=O)NC(=S)N(c3ccc(Oc4ccccc4)cc3)C2=O)ccc1OCC(C)C. The van der Waals surface area contributed by atoms with Crippen molar-refractivity contribution in [2.24, 2.45) is 5.92 Å². The minimum Gasteiger partial charge on any atom is -0.493 e. The van der Waals surface area contributed by atoms with Gasteiger partial charge in [0.15, 0.2) is 16.6 Å². The molecule has 7 nitrogen and oxygen atoms in total. The van der Waals surface area contributed by atoms with Crippen LogP contribution in [0, 0.1) is 5.92 Å². The standard InChI is InChI=1S/C28H26N2O5S/c1-18(2)17-34-24-14-9-19(16-25(24)33-3)15-23-26(31)29-28(36)30(27(23)32)20-10-12-22(13-11-20)35-21-7-5-4-6-8-21/h4-16,18H,17H2,1-3H3,(H,29,31,36)/b23-15+. The highest BCUT2D eigenvalue weighted by Crippen LogP contribution is 2.31. The van der Waals surface area contributed by atoms with Gasteiger partial charge in [-0.3, -0.25) is 19.8 Å². The number of nitrogens with one attached hydrogen (secondary N) is 1. The van der Waals surface area contributed by atoms with E-state index in [0.717, 1.165) is 0 Å². The fourth-order valence-electron chi connectivity index (χ4n) is 3.50. The Hall–Kier alpha value is -4.17. The number of thiocarbonyl (C=S) groups is 1. The molecule has 3 aromatic rings. The molecule has 1 aliphatic heterocycles. The van der Waals surface area contributed by atoms with E-state index in [1.54, 1.807) is 42.5 Å². The molecule has 8 heteroatoms. The molecule has 1 saturated heterocycles. The summed E-state index contributed by atoms with van der Waals surface area (Å²) in [5.74, 6) is 1.66. The van der Waals surface area contributed by atoms with Gasteiger partial charge in [-0.25, -0.2) is 0 Å². The zero-order chi connectivity index (χ0) is 25.7. The van der Waals surface area contributed by atoms with Crippen LogP contribution in [0.3, 0.4) is 0 Å². The molecule has 1 aliphatic rings. The highest BCUT2D eigenvalue weighted by Gasteiger charge is 2.34. The van der Waals surface area contributed by atoms with Gasteiger partial charge in [0.2, 0.25) is 0 Å². The Labute approximate surface area is 215 Å². The van der Waals surface area contributed by atoms with Crippen LogP contribution < -0.4 is 24.4 Å². The van der Waals surface area contributed by atoms with Crippen molar-refractivity contribution >= 4 is 40.9 Å². The number of hydrogen-bond acceptors (Lipinski definition) is 6. The summed E-state index contributed by atoms with van der Waals surface area (Å²) < 4.78 is 17.0. The van der Waals surface area contributed by atoms with Crippen LogP contribution in [0.25, 0.3) is 6.08 Å². The lowest BCUT2D eigenvalue weighted by Gasteiger charge is -2.29. The van der Waals surface area contributed by atoms with Crippen molar-refractivity contribution in [1.29, 1.82) is 0 Å². The first-order valence-electron chi connectivity index (χ1n) is 11.4. The molecule has 1 fully saturated rings. The number of carbonyl (C=O) groups excluding carboxylic acids is 2. The molecule has 1 N–H and O–H groups in total.